The molecule has 98 valence electrons. The zero-order valence-electron chi connectivity index (χ0n) is 9.99. The van der Waals surface area contributed by atoms with Crippen molar-refractivity contribution in [3.8, 4) is 0 Å². The smallest absolute Gasteiger partial charge is 0.254 e. The Kier molecular flexibility index (Phi) is 4.38. The van der Waals surface area contributed by atoms with Gasteiger partial charge < -0.3 is 15.8 Å². The first-order valence-electron chi connectivity index (χ1n) is 5.94. The Morgan fingerprint density at radius 3 is 3.11 bits per heavy atom. The van der Waals surface area contributed by atoms with Crippen molar-refractivity contribution >= 4 is 23.2 Å². The minimum atomic E-state index is -0.283. The Morgan fingerprint density at radius 1 is 1.61 bits per heavy atom. The molecule has 0 aromatic carbocycles. The van der Waals surface area contributed by atoms with E-state index in [1.165, 1.54) is 25.1 Å². The van der Waals surface area contributed by atoms with E-state index in [0.29, 0.717) is 24.4 Å². The molecule has 0 atom stereocenters. The lowest BCUT2D eigenvalue weighted by Gasteiger charge is -2.07. The SMILES string of the molecule is Nc1cnc(Cl)c(C(=O)NCCOCC2CC2)c1. The van der Waals surface area contributed by atoms with Crippen molar-refractivity contribution in [3.05, 3.63) is 23.0 Å². The van der Waals surface area contributed by atoms with E-state index in [2.05, 4.69) is 10.3 Å². The molecule has 0 unspecified atom stereocenters. The summed E-state index contributed by atoms with van der Waals surface area (Å²) in [4.78, 5) is 15.6. The summed E-state index contributed by atoms with van der Waals surface area (Å²) in [6.45, 7) is 1.75. The van der Waals surface area contributed by atoms with Gasteiger partial charge in [-0.3, -0.25) is 4.79 Å². The number of pyridine rings is 1. The van der Waals surface area contributed by atoms with Gasteiger partial charge in [-0.2, -0.15) is 0 Å². The van der Waals surface area contributed by atoms with E-state index < -0.39 is 0 Å². The summed E-state index contributed by atoms with van der Waals surface area (Å²) < 4.78 is 5.41. The van der Waals surface area contributed by atoms with Crippen LogP contribution in [0, 0.1) is 5.92 Å². The van der Waals surface area contributed by atoms with Gasteiger partial charge in [-0.25, -0.2) is 4.98 Å². The molecule has 5 nitrogen and oxygen atoms in total. The van der Waals surface area contributed by atoms with Crippen LogP contribution in [-0.2, 0) is 4.74 Å². The Morgan fingerprint density at radius 2 is 2.39 bits per heavy atom. The third-order valence-electron chi connectivity index (χ3n) is 2.69. The topological polar surface area (TPSA) is 77.2 Å². The number of carbonyl (C=O) groups excluding carboxylic acids is 1. The quantitative estimate of drug-likeness (QED) is 0.606. The summed E-state index contributed by atoms with van der Waals surface area (Å²) in [5.41, 5.74) is 6.26. The molecule has 18 heavy (non-hydrogen) atoms. The molecule has 1 heterocycles. The summed E-state index contributed by atoms with van der Waals surface area (Å²) in [7, 11) is 0. The molecule has 3 N–H and O–H groups in total. The number of carbonyl (C=O) groups is 1. The van der Waals surface area contributed by atoms with Crippen molar-refractivity contribution in [1.82, 2.24) is 10.3 Å². The van der Waals surface area contributed by atoms with E-state index >= 15 is 0 Å². The van der Waals surface area contributed by atoms with Gasteiger partial charge in [0.2, 0.25) is 0 Å². The molecule has 6 heteroatoms. The van der Waals surface area contributed by atoms with Crippen LogP contribution in [0.4, 0.5) is 5.69 Å². The standard InChI is InChI=1S/C12H16ClN3O2/c13-11-10(5-9(14)6-16-11)12(17)15-3-4-18-7-8-1-2-8/h5-6,8H,1-4,7,14H2,(H,15,17). The van der Waals surface area contributed by atoms with Crippen LogP contribution >= 0.6 is 11.6 Å². The first-order chi connectivity index (χ1) is 8.66. The van der Waals surface area contributed by atoms with Crippen LogP contribution < -0.4 is 11.1 Å². The van der Waals surface area contributed by atoms with E-state index in [-0.39, 0.29) is 11.1 Å². The van der Waals surface area contributed by atoms with Crippen LogP contribution in [0.2, 0.25) is 5.15 Å². The molecule has 1 aliphatic carbocycles. The Hall–Kier alpha value is -1.33. The molecule has 1 aromatic heterocycles. The van der Waals surface area contributed by atoms with Crippen molar-refractivity contribution < 1.29 is 9.53 Å². The second-order valence-electron chi connectivity index (χ2n) is 4.38. The van der Waals surface area contributed by atoms with E-state index in [1.54, 1.807) is 0 Å². The summed E-state index contributed by atoms with van der Waals surface area (Å²) in [6, 6.07) is 1.51. The minimum absolute atomic E-state index is 0.153. The predicted octanol–water partition coefficient (Wildman–Crippen LogP) is 1.47. The molecule has 2 rings (SSSR count). The summed E-state index contributed by atoms with van der Waals surface area (Å²) >= 11 is 5.82. The summed E-state index contributed by atoms with van der Waals surface area (Å²) in [6.07, 6.45) is 3.94. The number of hydrogen-bond acceptors (Lipinski definition) is 4. The van der Waals surface area contributed by atoms with Crippen LogP contribution in [0.5, 0.6) is 0 Å². The van der Waals surface area contributed by atoms with Gasteiger partial charge in [0.1, 0.15) is 5.15 Å². The average molecular weight is 270 g/mol. The van der Waals surface area contributed by atoms with Crippen LogP contribution in [0.25, 0.3) is 0 Å². The monoisotopic (exact) mass is 269 g/mol. The summed E-state index contributed by atoms with van der Waals surface area (Å²) in [5, 5.41) is 2.87. The predicted molar refractivity (Wildman–Crippen MR) is 69.5 cm³/mol. The van der Waals surface area contributed by atoms with Crippen LogP contribution in [0.15, 0.2) is 12.3 Å². The number of anilines is 1. The molecule has 1 amide bonds. The number of rotatable bonds is 6. The number of nitrogens with two attached hydrogens (primary N) is 1. The third kappa shape index (κ3) is 3.85. The maximum absolute atomic E-state index is 11.8. The molecular weight excluding hydrogens is 254 g/mol. The highest BCUT2D eigenvalue weighted by Gasteiger charge is 2.20. The highest BCUT2D eigenvalue weighted by atomic mass is 35.5. The normalized spacial score (nSPS) is 14.5. The van der Waals surface area contributed by atoms with E-state index in [9.17, 15) is 4.79 Å². The molecule has 0 radical (unpaired) electrons. The molecular formula is C12H16ClN3O2. The fraction of sp³-hybridized carbons (Fsp3) is 0.500. The largest absolute Gasteiger partial charge is 0.397 e. The first-order valence-corrected chi connectivity index (χ1v) is 6.31. The van der Waals surface area contributed by atoms with Gasteiger partial charge in [-0.1, -0.05) is 11.6 Å². The Labute approximate surface area is 111 Å². The first kappa shape index (κ1) is 13.1. The number of halogens is 1. The zero-order chi connectivity index (χ0) is 13.0. The van der Waals surface area contributed by atoms with Gasteiger partial charge in [0.15, 0.2) is 0 Å². The second kappa shape index (κ2) is 6.02. The van der Waals surface area contributed by atoms with Crippen molar-refractivity contribution in [3.63, 3.8) is 0 Å². The van der Waals surface area contributed by atoms with Crippen LogP contribution in [0.3, 0.4) is 0 Å². The fourth-order valence-corrected chi connectivity index (χ4v) is 1.68. The third-order valence-corrected chi connectivity index (χ3v) is 2.99. The zero-order valence-corrected chi connectivity index (χ0v) is 10.7. The molecule has 0 spiro atoms. The van der Waals surface area contributed by atoms with Crippen LogP contribution in [-0.4, -0.2) is 30.6 Å². The molecule has 0 saturated heterocycles. The van der Waals surface area contributed by atoms with Gasteiger partial charge in [0.05, 0.1) is 24.1 Å². The van der Waals surface area contributed by atoms with Gasteiger partial charge in [-0.05, 0) is 24.8 Å². The Balaban J connectivity index is 1.74. The van der Waals surface area contributed by atoms with E-state index in [0.717, 1.165) is 12.5 Å². The molecule has 0 aliphatic heterocycles. The maximum atomic E-state index is 11.8. The number of nitrogens with zero attached hydrogens (tertiary/aromatic N) is 1. The van der Waals surface area contributed by atoms with Crippen molar-refractivity contribution in [2.75, 3.05) is 25.5 Å². The number of nitrogen functional groups attached to an aromatic ring is 1. The molecule has 1 saturated carbocycles. The number of nitrogens with one attached hydrogen (secondary N) is 1. The number of ether oxygens (including phenoxy) is 1. The van der Waals surface area contributed by atoms with E-state index in [4.69, 9.17) is 22.1 Å². The van der Waals surface area contributed by atoms with Gasteiger partial charge >= 0.3 is 0 Å². The lowest BCUT2D eigenvalue weighted by Crippen LogP contribution is -2.28. The number of amides is 1. The number of aromatic nitrogens is 1. The van der Waals surface area contributed by atoms with Crippen molar-refractivity contribution in [2.45, 2.75) is 12.8 Å². The van der Waals surface area contributed by atoms with Gasteiger partial charge in [0, 0.05) is 13.2 Å². The fourth-order valence-electron chi connectivity index (χ4n) is 1.49. The van der Waals surface area contributed by atoms with Crippen LogP contribution in [0.1, 0.15) is 23.2 Å². The minimum Gasteiger partial charge on any atom is -0.397 e. The second-order valence-corrected chi connectivity index (χ2v) is 4.74. The Bertz CT molecular complexity index is 435. The van der Waals surface area contributed by atoms with Crippen molar-refractivity contribution in [1.29, 1.82) is 0 Å². The molecule has 1 aromatic rings. The van der Waals surface area contributed by atoms with Gasteiger partial charge in [0.25, 0.3) is 5.91 Å². The summed E-state index contributed by atoms with van der Waals surface area (Å²) in [5.74, 6) is 0.447. The number of hydrogen-bond donors (Lipinski definition) is 2. The maximum Gasteiger partial charge on any atom is 0.254 e. The lowest BCUT2D eigenvalue weighted by atomic mass is 10.2. The lowest BCUT2D eigenvalue weighted by molar-refractivity contribution is 0.0906. The van der Waals surface area contributed by atoms with Crippen molar-refractivity contribution in [2.24, 2.45) is 5.92 Å². The highest BCUT2D eigenvalue weighted by molar-refractivity contribution is 6.32. The molecule has 1 fully saturated rings. The highest BCUT2D eigenvalue weighted by Crippen LogP contribution is 2.28. The average Bonchev–Trinajstić information content (AvgIpc) is 3.15. The molecule has 1 aliphatic rings. The molecule has 0 bridgehead atoms. The van der Waals surface area contributed by atoms with Gasteiger partial charge in [-0.15, -0.1) is 0 Å². The van der Waals surface area contributed by atoms with E-state index in [1.807, 2.05) is 0 Å².